The molecule has 3 atom stereocenters. The van der Waals surface area contributed by atoms with Gasteiger partial charge in [-0.2, -0.15) is 0 Å². The molecule has 1 saturated heterocycles. The van der Waals surface area contributed by atoms with Crippen molar-refractivity contribution in [3.05, 3.63) is 34.6 Å². The maximum absolute atomic E-state index is 13.7. The van der Waals surface area contributed by atoms with Crippen LogP contribution in [0.5, 0.6) is 0 Å². The van der Waals surface area contributed by atoms with Gasteiger partial charge in [0.15, 0.2) is 0 Å². The van der Waals surface area contributed by atoms with Crippen LogP contribution in [0.1, 0.15) is 38.2 Å². The minimum Gasteiger partial charge on any atom is -0.459 e. The molecule has 0 radical (unpaired) electrons. The normalized spacial score (nSPS) is 24.2. The molecule has 25 heavy (non-hydrogen) atoms. The van der Waals surface area contributed by atoms with Crippen LogP contribution in [0.4, 0.5) is 4.39 Å². The summed E-state index contributed by atoms with van der Waals surface area (Å²) in [5.41, 5.74) is 0.0671. The van der Waals surface area contributed by atoms with Gasteiger partial charge in [0.2, 0.25) is 11.8 Å². The van der Waals surface area contributed by atoms with Crippen molar-refractivity contribution >= 4 is 29.4 Å². The number of ether oxygens (including phenoxy) is 1. The highest BCUT2D eigenvalue weighted by Crippen LogP contribution is 2.39. The lowest BCUT2D eigenvalue weighted by Crippen LogP contribution is -2.44. The van der Waals surface area contributed by atoms with Gasteiger partial charge >= 0.3 is 5.97 Å². The van der Waals surface area contributed by atoms with Crippen molar-refractivity contribution in [1.29, 1.82) is 0 Å². The second-order valence-corrected chi connectivity index (χ2v) is 6.94. The fourth-order valence-corrected chi connectivity index (χ4v) is 3.83. The molecule has 0 aromatic heterocycles. The number of esters is 1. The maximum Gasteiger partial charge on any atom is 0.329 e. The lowest BCUT2D eigenvalue weighted by molar-refractivity contribution is -0.159. The Morgan fingerprint density at radius 3 is 2.44 bits per heavy atom. The molecule has 3 rings (SSSR count). The second kappa shape index (κ2) is 7.12. The summed E-state index contributed by atoms with van der Waals surface area (Å²) in [6, 6.07) is 3.14. The summed E-state index contributed by atoms with van der Waals surface area (Å²) in [5.74, 6) is -2.58. The Hall–Kier alpha value is -1.95. The van der Waals surface area contributed by atoms with Gasteiger partial charge in [-0.3, -0.25) is 14.5 Å². The number of hydrogen-bond donors (Lipinski definition) is 0. The number of nitrogens with zero attached hydrogens (tertiary/aromatic N) is 1. The number of likely N-dealkylation sites (tertiary alicyclic amines) is 1. The molecule has 2 aliphatic rings. The Balaban J connectivity index is 1.68. The minimum atomic E-state index is -1.03. The highest BCUT2D eigenvalue weighted by atomic mass is 35.5. The number of halogens is 2. The fraction of sp³-hybridized carbons (Fsp3) is 0.500. The van der Waals surface area contributed by atoms with Crippen molar-refractivity contribution in [3.63, 3.8) is 0 Å². The number of rotatable bonds is 4. The van der Waals surface area contributed by atoms with Gasteiger partial charge in [0.25, 0.3) is 0 Å². The molecule has 1 aliphatic carbocycles. The summed E-state index contributed by atoms with van der Waals surface area (Å²) in [6.07, 6.45) is 3.19. The highest BCUT2D eigenvalue weighted by Gasteiger charge is 2.51. The van der Waals surface area contributed by atoms with E-state index in [2.05, 4.69) is 0 Å². The van der Waals surface area contributed by atoms with E-state index in [9.17, 15) is 18.8 Å². The number of benzene rings is 1. The molecule has 0 bridgehead atoms. The van der Waals surface area contributed by atoms with Gasteiger partial charge < -0.3 is 4.74 Å². The zero-order valence-electron chi connectivity index (χ0n) is 13.8. The van der Waals surface area contributed by atoms with E-state index >= 15 is 0 Å². The Morgan fingerprint density at radius 1 is 1.28 bits per heavy atom. The smallest absolute Gasteiger partial charge is 0.329 e. The zero-order valence-corrected chi connectivity index (χ0v) is 14.6. The summed E-state index contributed by atoms with van der Waals surface area (Å²) < 4.78 is 18.8. The largest absolute Gasteiger partial charge is 0.459 e. The van der Waals surface area contributed by atoms with E-state index in [0.717, 1.165) is 17.7 Å². The number of fused-ring (bicyclic) bond motifs is 1. The minimum absolute atomic E-state index is 0.0671. The Kier molecular flexibility index (Phi) is 5.08. The van der Waals surface area contributed by atoms with Gasteiger partial charge in [-0.1, -0.05) is 30.5 Å². The second-order valence-electron chi connectivity index (χ2n) is 6.53. The monoisotopic (exact) mass is 367 g/mol. The molecule has 1 aliphatic heterocycles. The number of carbonyl (C=O) groups excluding carboxylic acids is 3. The van der Waals surface area contributed by atoms with Crippen LogP contribution in [0.15, 0.2) is 18.2 Å². The number of carbonyl (C=O) groups is 3. The lowest BCUT2D eigenvalue weighted by atomic mass is 9.81. The molecule has 7 heteroatoms. The molecule has 5 nitrogen and oxygen atoms in total. The quantitative estimate of drug-likeness (QED) is 0.606. The van der Waals surface area contributed by atoms with Crippen LogP contribution in [0, 0.1) is 17.7 Å². The van der Waals surface area contributed by atoms with Crippen molar-refractivity contribution in [2.75, 3.05) is 0 Å². The first-order chi connectivity index (χ1) is 11.9. The third-order valence-corrected chi connectivity index (χ3v) is 5.38. The zero-order chi connectivity index (χ0) is 18.1. The molecule has 134 valence electrons. The SMILES string of the molecule is CC(C(=O)OCc1c(F)cccc1Cl)N1C(=O)C2CCCCC2C1=O. The molecule has 1 saturated carbocycles. The van der Waals surface area contributed by atoms with Crippen molar-refractivity contribution in [2.24, 2.45) is 11.8 Å². The van der Waals surface area contributed by atoms with E-state index in [0.29, 0.717) is 12.8 Å². The van der Waals surface area contributed by atoms with Crippen LogP contribution in [0.25, 0.3) is 0 Å². The summed E-state index contributed by atoms with van der Waals surface area (Å²) >= 11 is 5.90. The van der Waals surface area contributed by atoms with Gasteiger partial charge in [-0.05, 0) is 31.9 Å². The standard InChI is InChI=1S/C18H19ClFNO4/c1-10(18(24)25-9-13-14(19)7-4-8-15(13)20)21-16(22)11-5-2-3-6-12(11)17(21)23/h4,7-8,10-12H,2-3,5-6,9H2,1H3. The summed E-state index contributed by atoms with van der Waals surface area (Å²) in [7, 11) is 0. The summed E-state index contributed by atoms with van der Waals surface area (Å²) in [4.78, 5) is 38.3. The average molecular weight is 368 g/mol. The Labute approximate surface area is 150 Å². The molecule has 1 heterocycles. The van der Waals surface area contributed by atoms with Crippen LogP contribution < -0.4 is 0 Å². The first-order valence-electron chi connectivity index (χ1n) is 8.38. The fourth-order valence-electron chi connectivity index (χ4n) is 3.61. The highest BCUT2D eigenvalue weighted by molar-refractivity contribution is 6.31. The third-order valence-electron chi connectivity index (χ3n) is 5.02. The van der Waals surface area contributed by atoms with Gasteiger partial charge in [0.05, 0.1) is 16.9 Å². The van der Waals surface area contributed by atoms with Crippen LogP contribution >= 0.6 is 11.6 Å². The number of imide groups is 1. The number of amides is 2. The van der Waals surface area contributed by atoms with Gasteiger partial charge in [-0.15, -0.1) is 0 Å². The average Bonchev–Trinajstić information content (AvgIpc) is 2.85. The van der Waals surface area contributed by atoms with Gasteiger partial charge in [0.1, 0.15) is 18.5 Å². The Bertz CT molecular complexity index is 679. The van der Waals surface area contributed by atoms with E-state index in [1.165, 1.54) is 25.1 Å². The van der Waals surface area contributed by atoms with E-state index < -0.39 is 17.8 Å². The molecule has 2 fully saturated rings. The van der Waals surface area contributed by atoms with Crippen LogP contribution in [0.3, 0.4) is 0 Å². The summed E-state index contributed by atoms with van der Waals surface area (Å²) in [5, 5.41) is 0.153. The van der Waals surface area contributed by atoms with Gasteiger partial charge in [-0.25, -0.2) is 9.18 Å². The molecule has 1 aromatic carbocycles. The molecule has 1 aromatic rings. The van der Waals surface area contributed by atoms with E-state index in [1.807, 2.05) is 0 Å². The molecular weight excluding hydrogens is 349 g/mol. The van der Waals surface area contributed by atoms with Gasteiger partial charge in [0, 0.05) is 5.56 Å². The lowest BCUT2D eigenvalue weighted by Gasteiger charge is -2.21. The Morgan fingerprint density at radius 2 is 1.88 bits per heavy atom. The summed E-state index contributed by atoms with van der Waals surface area (Å²) in [6.45, 7) is 1.11. The van der Waals surface area contributed by atoms with E-state index in [1.54, 1.807) is 0 Å². The van der Waals surface area contributed by atoms with E-state index in [-0.39, 0.29) is 40.8 Å². The van der Waals surface area contributed by atoms with Crippen LogP contribution in [-0.2, 0) is 25.7 Å². The van der Waals surface area contributed by atoms with Crippen molar-refractivity contribution < 1.29 is 23.5 Å². The first kappa shape index (κ1) is 17.9. The number of hydrogen-bond acceptors (Lipinski definition) is 4. The molecule has 3 unspecified atom stereocenters. The topological polar surface area (TPSA) is 63.7 Å². The van der Waals surface area contributed by atoms with Crippen LogP contribution in [-0.4, -0.2) is 28.7 Å². The van der Waals surface area contributed by atoms with Crippen molar-refractivity contribution in [3.8, 4) is 0 Å². The predicted molar refractivity (Wildman–Crippen MR) is 88.0 cm³/mol. The molecular formula is C18H19ClFNO4. The van der Waals surface area contributed by atoms with Crippen molar-refractivity contribution in [1.82, 2.24) is 4.90 Å². The predicted octanol–water partition coefficient (Wildman–Crippen LogP) is 3.09. The third kappa shape index (κ3) is 3.27. The van der Waals surface area contributed by atoms with E-state index in [4.69, 9.17) is 16.3 Å². The molecule has 0 N–H and O–H groups in total. The first-order valence-corrected chi connectivity index (χ1v) is 8.76. The van der Waals surface area contributed by atoms with Crippen molar-refractivity contribution in [2.45, 2.75) is 45.3 Å². The maximum atomic E-state index is 13.7. The van der Waals surface area contributed by atoms with Crippen LogP contribution in [0.2, 0.25) is 5.02 Å². The molecule has 0 spiro atoms. The molecule has 2 amide bonds.